The van der Waals surface area contributed by atoms with Gasteiger partial charge in [-0.2, -0.15) is 0 Å². The molecule has 0 aromatic heterocycles. The topological polar surface area (TPSA) is 128 Å². The highest BCUT2D eigenvalue weighted by Gasteiger charge is 2.44. The summed E-state index contributed by atoms with van der Waals surface area (Å²) in [6, 6.07) is 2.08. The summed E-state index contributed by atoms with van der Waals surface area (Å²) in [4.78, 5) is 36.9. The molecule has 1 saturated heterocycles. The molecule has 1 aromatic carbocycles. The molecule has 0 spiro atoms. The number of cyclic esters (lactones) is 1. The van der Waals surface area contributed by atoms with E-state index in [0.717, 1.165) is 0 Å². The van der Waals surface area contributed by atoms with Crippen LogP contribution in [0.15, 0.2) is 12.1 Å². The van der Waals surface area contributed by atoms with Crippen molar-refractivity contribution in [3.8, 4) is 11.5 Å². The number of esters is 1. The molecule has 2 rings (SSSR count). The molecular formula is C16H20N2O6. The fraction of sp³-hybridized carbons (Fsp3) is 0.438. The van der Waals surface area contributed by atoms with Gasteiger partial charge in [0.15, 0.2) is 11.5 Å². The van der Waals surface area contributed by atoms with Gasteiger partial charge in [0.2, 0.25) is 17.4 Å². The van der Waals surface area contributed by atoms with E-state index in [4.69, 9.17) is 15.2 Å². The average molecular weight is 336 g/mol. The van der Waals surface area contributed by atoms with Crippen molar-refractivity contribution in [2.45, 2.75) is 38.5 Å². The Balaban J connectivity index is 2.49. The number of nitrogens with one attached hydrogen (secondary N) is 1. The van der Waals surface area contributed by atoms with Crippen LogP contribution in [0.4, 0.5) is 0 Å². The lowest BCUT2D eigenvalue weighted by atomic mass is 9.95. The molecule has 0 bridgehead atoms. The van der Waals surface area contributed by atoms with E-state index >= 15 is 0 Å². The van der Waals surface area contributed by atoms with Crippen molar-refractivity contribution in [3.05, 3.63) is 23.3 Å². The molecule has 2 atom stereocenters. The summed E-state index contributed by atoms with van der Waals surface area (Å²) in [5.74, 6) is -2.35. The van der Waals surface area contributed by atoms with E-state index in [1.807, 2.05) is 0 Å². The van der Waals surface area contributed by atoms with Crippen LogP contribution in [0.1, 0.15) is 35.7 Å². The number of phenols is 1. The van der Waals surface area contributed by atoms with Gasteiger partial charge in [0.05, 0.1) is 12.7 Å². The van der Waals surface area contributed by atoms with E-state index in [1.54, 1.807) is 13.0 Å². The molecule has 1 aromatic rings. The normalized spacial score (nSPS) is 24.4. The number of carbonyl (C=O) groups excluding carboxylic acids is 3. The summed E-state index contributed by atoms with van der Waals surface area (Å²) in [7, 11) is 1.34. The van der Waals surface area contributed by atoms with Gasteiger partial charge in [-0.05, 0) is 25.0 Å². The standard InChI is InChI=1S/C16H20N2O6/c1-8-4-6-10(23-3)13(20)12(8)14(21)16(2)18-11(19)7-5-9(17)15(22)24-16/h4,6,9,20H,5,7,17H2,1-3H3,(H,18,19)/t9-,16?/m1/s1. The highest BCUT2D eigenvalue weighted by molar-refractivity contribution is 6.08. The first-order chi connectivity index (χ1) is 11.2. The number of carbonyl (C=O) groups is 3. The number of ketones is 1. The number of rotatable bonds is 3. The largest absolute Gasteiger partial charge is 0.504 e. The maximum Gasteiger partial charge on any atom is 0.325 e. The van der Waals surface area contributed by atoms with E-state index in [1.165, 1.54) is 20.1 Å². The molecule has 1 heterocycles. The first-order valence-electron chi connectivity index (χ1n) is 7.40. The minimum Gasteiger partial charge on any atom is -0.504 e. The molecular weight excluding hydrogens is 316 g/mol. The van der Waals surface area contributed by atoms with E-state index in [0.29, 0.717) is 5.56 Å². The third-order valence-corrected chi connectivity index (χ3v) is 3.90. The number of aryl methyl sites for hydroxylation is 1. The number of aromatic hydroxyl groups is 1. The smallest absolute Gasteiger partial charge is 0.325 e. The molecule has 0 radical (unpaired) electrons. The Kier molecular flexibility index (Phi) is 4.79. The highest BCUT2D eigenvalue weighted by atomic mass is 16.6. The van der Waals surface area contributed by atoms with Crippen LogP contribution in [0, 0.1) is 6.92 Å². The van der Waals surface area contributed by atoms with Gasteiger partial charge in [-0.3, -0.25) is 14.4 Å². The number of methoxy groups -OCH3 is 1. The van der Waals surface area contributed by atoms with Crippen LogP contribution in [-0.2, 0) is 14.3 Å². The lowest BCUT2D eigenvalue weighted by Gasteiger charge is -2.32. The third kappa shape index (κ3) is 3.18. The number of ether oxygens (including phenoxy) is 2. The van der Waals surface area contributed by atoms with Crippen molar-refractivity contribution in [1.82, 2.24) is 5.32 Å². The number of benzene rings is 1. The van der Waals surface area contributed by atoms with Gasteiger partial charge in [-0.1, -0.05) is 6.07 Å². The first kappa shape index (κ1) is 17.7. The van der Waals surface area contributed by atoms with E-state index in [9.17, 15) is 19.5 Å². The Morgan fingerprint density at radius 2 is 2.12 bits per heavy atom. The number of hydrogen-bond donors (Lipinski definition) is 3. The van der Waals surface area contributed by atoms with Crippen molar-refractivity contribution in [2.75, 3.05) is 7.11 Å². The van der Waals surface area contributed by atoms with Gasteiger partial charge >= 0.3 is 5.97 Å². The van der Waals surface area contributed by atoms with Gasteiger partial charge in [0.25, 0.3) is 0 Å². The molecule has 1 fully saturated rings. The second kappa shape index (κ2) is 6.48. The van der Waals surface area contributed by atoms with Crippen LogP contribution >= 0.6 is 0 Å². The predicted octanol–water partition coefficient (Wildman–Crippen LogP) is 0.389. The van der Waals surface area contributed by atoms with Crippen molar-refractivity contribution in [2.24, 2.45) is 5.73 Å². The Morgan fingerprint density at radius 3 is 2.75 bits per heavy atom. The lowest BCUT2D eigenvalue weighted by molar-refractivity contribution is -0.162. The zero-order valence-corrected chi connectivity index (χ0v) is 13.7. The second-order valence-corrected chi connectivity index (χ2v) is 5.79. The molecule has 8 heteroatoms. The fourth-order valence-electron chi connectivity index (χ4n) is 2.50. The van der Waals surface area contributed by atoms with Gasteiger partial charge in [0.1, 0.15) is 6.04 Å². The quantitative estimate of drug-likeness (QED) is 0.538. The summed E-state index contributed by atoms with van der Waals surface area (Å²) in [5, 5.41) is 12.7. The third-order valence-electron chi connectivity index (χ3n) is 3.90. The van der Waals surface area contributed by atoms with Crippen LogP contribution in [0.5, 0.6) is 11.5 Å². The van der Waals surface area contributed by atoms with Crippen LogP contribution in [0.25, 0.3) is 0 Å². The van der Waals surface area contributed by atoms with Crippen molar-refractivity contribution >= 4 is 17.7 Å². The highest BCUT2D eigenvalue weighted by Crippen LogP contribution is 2.35. The van der Waals surface area contributed by atoms with E-state index in [2.05, 4.69) is 5.32 Å². The number of nitrogens with two attached hydrogens (primary N) is 1. The average Bonchev–Trinajstić information content (AvgIpc) is 2.51. The maximum absolute atomic E-state index is 12.9. The van der Waals surface area contributed by atoms with Gasteiger partial charge in [0, 0.05) is 13.3 Å². The predicted molar refractivity (Wildman–Crippen MR) is 83.6 cm³/mol. The van der Waals surface area contributed by atoms with Gasteiger partial charge in [-0.15, -0.1) is 0 Å². The summed E-state index contributed by atoms with van der Waals surface area (Å²) < 4.78 is 10.2. The molecule has 1 unspecified atom stereocenters. The van der Waals surface area contributed by atoms with Crippen LogP contribution in [0.2, 0.25) is 0 Å². The first-order valence-corrected chi connectivity index (χ1v) is 7.40. The van der Waals surface area contributed by atoms with Crippen molar-refractivity contribution < 1.29 is 29.0 Å². The number of Topliss-reactive ketones (excluding diaryl/α,β-unsaturated/α-hetero) is 1. The zero-order chi connectivity index (χ0) is 18.1. The second-order valence-electron chi connectivity index (χ2n) is 5.79. The van der Waals surface area contributed by atoms with E-state index < -0.39 is 29.4 Å². The van der Waals surface area contributed by atoms with Crippen LogP contribution < -0.4 is 15.8 Å². The zero-order valence-electron chi connectivity index (χ0n) is 13.7. The molecule has 1 amide bonds. The lowest BCUT2D eigenvalue weighted by Crippen LogP contribution is -2.58. The molecule has 1 aliphatic rings. The Hall–Kier alpha value is -2.61. The molecule has 0 aliphatic carbocycles. The minimum absolute atomic E-state index is 0.0117. The summed E-state index contributed by atoms with van der Waals surface area (Å²) >= 11 is 0. The van der Waals surface area contributed by atoms with Crippen LogP contribution in [0.3, 0.4) is 0 Å². The van der Waals surface area contributed by atoms with E-state index in [-0.39, 0.29) is 29.9 Å². The van der Waals surface area contributed by atoms with Gasteiger partial charge < -0.3 is 25.6 Å². The molecule has 0 saturated carbocycles. The van der Waals surface area contributed by atoms with Gasteiger partial charge in [-0.25, -0.2) is 0 Å². The summed E-state index contributed by atoms with van der Waals surface area (Å²) in [6.45, 7) is 2.86. The minimum atomic E-state index is -1.97. The molecule has 24 heavy (non-hydrogen) atoms. The van der Waals surface area contributed by atoms with Crippen LogP contribution in [-0.4, -0.2) is 41.6 Å². The molecule has 4 N–H and O–H groups in total. The number of amides is 1. The number of phenolic OH excluding ortho intramolecular Hbond substituents is 1. The van der Waals surface area contributed by atoms with Crippen molar-refractivity contribution in [1.29, 1.82) is 0 Å². The monoisotopic (exact) mass is 336 g/mol. The van der Waals surface area contributed by atoms with Crippen molar-refractivity contribution in [3.63, 3.8) is 0 Å². The molecule has 1 aliphatic heterocycles. The SMILES string of the molecule is COc1ccc(C)c(C(=O)C2(C)NC(=O)CC[C@@H](N)C(=O)O2)c1O. The Morgan fingerprint density at radius 1 is 1.46 bits per heavy atom. The summed E-state index contributed by atoms with van der Waals surface area (Å²) in [5.41, 5.74) is 4.01. The molecule has 130 valence electrons. The Labute approximate surface area is 138 Å². The maximum atomic E-state index is 12.9. The summed E-state index contributed by atoms with van der Waals surface area (Å²) in [6.07, 6.45) is 0.112. The molecule has 8 nitrogen and oxygen atoms in total. The fourth-order valence-corrected chi connectivity index (χ4v) is 2.50. The number of hydrogen-bond acceptors (Lipinski definition) is 7. The Bertz CT molecular complexity index is 702.